The lowest BCUT2D eigenvalue weighted by Crippen LogP contribution is -2.46. The first kappa shape index (κ1) is 26.8. The Bertz CT molecular complexity index is 1150. The molecule has 11 heteroatoms. The fraction of sp³-hybridized carbons (Fsp3) is 0.348. The van der Waals surface area contributed by atoms with E-state index >= 15 is 0 Å². The molecule has 0 saturated carbocycles. The Balaban J connectivity index is 2.13. The summed E-state index contributed by atoms with van der Waals surface area (Å²) in [5.41, 5.74) is -0.0561. The molecule has 0 aliphatic heterocycles. The van der Waals surface area contributed by atoms with Gasteiger partial charge in [-0.1, -0.05) is 26.0 Å². The number of halogens is 1. The maximum atomic E-state index is 14.2. The number of sulfonamides is 1. The van der Waals surface area contributed by atoms with Gasteiger partial charge in [-0.2, -0.15) is 9.98 Å². The van der Waals surface area contributed by atoms with E-state index in [1.165, 1.54) is 49.6 Å². The number of carbonyl (C=O) groups is 2. The van der Waals surface area contributed by atoms with E-state index in [1.54, 1.807) is 13.8 Å². The molecular weight excluding hydrogens is 465 g/mol. The fourth-order valence-electron chi connectivity index (χ4n) is 2.96. The number of para-hydroxylation sites is 1. The molecule has 0 fully saturated rings. The number of carbonyl (C=O) groups excluding carboxylic acids is 2. The second-order valence-electron chi connectivity index (χ2n) is 7.53. The van der Waals surface area contributed by atoms with Gasteiger partial charge in [0, 0.05) is 6.54 Å². The molecule has 1 unspecified atom stereocenters. The second kappa shape index (κ2) is 12.1. The minimum Gasteiger partial charge on any atom is -0.497 e. The van der Waals surface area contributed by atoms with Crippen LogP contribution in [0.3, 0.4) is 0 Å². The van der Waals surface area contributed by atoms with Gasteiger partial charge in [-0.25, -0.2) is 12.8 Å². The summed E-state index contributed by atoms with van der Waals surface area (Å²) in [5.74, 6) is -2.43. The van der Waals surface area contributed by atoms with Crippen LogP contribution in [0.4, 0.5) is 10.1 Å². The zero-order chi connectivity index (χ0) is 25.3. The van der Waals surface area contributed by atoms with Crippen molar-refractivity contribution >= 4 is 27.6 Å². The van der Waals surface area contributed by atoms with Crippen LogP contribution in [0.15, 0.2) is 53.4 Å². The Morgan fingerprint density at radius 1 is 1.15 bits per heavy atom. The summed E-state index contributed by atoms with van der Waals surface area (Å²) in [6.07, 6.45) is -0.0652. The predicted octanol–water partition coefficient (Wildman–Crippen LogP) is 2.63. The van der Waals surface area contributed by atoms with Crippen LogP contribution >= 0.6 is 0 Å². The third kappa shape index (κ3) is 7.00. The summed E-state index contributed by atoms with van der Waals surface area (Å²) in [5, 5.41) is 8.86. The molecule has 1 N–H and O–H groups in total. The molecule has 0 bridgehead atoms. The first-order valence-corrected chi connectivity index (χ1v) is 11.8. The third-order valence-electron chi connectivity index (χ3n) is 4.80. The van der Waals surface area contributed by atoms with Gasteiger partial charge < -0.3 is 14.4 Å². The number of esters is 1. The number of anilines is 1. The van der Waals surface area contributed by atoms with Gasteiger partial charge >= 0.3 is 5.97 Å². The van der Waals surface area contributed by atoms with E-state index in [4.69, 9.17) is 14.7 Å². The Hall–Kier alpha value is -3.49. The number of benzene rings is 2. The van der Waals surface area contributed by atoms with Crippen molar-refractivity contribution in [2.24, 2.45) is 5.92 Å². The van der Waals surface area contributed by atoms with Crippen molar-refractivity contribution in [3.63, 3.8) is 0 Å². The van der Waals surface area contributed by atoms with Crippen molar-refractivity contribution < 1.29 is 31.9 Å². The van der Waals surface area contributed by atoms with E-state index in [2.05, 4.69) is 4.72 Å². The molecule has 0 aliphatic rings. The lowest BCUT2D eigenvalue weighted by atomic mass is 10.1. The smallest absolute Gasteiger partial charge is 0.324 e. The molecule has 0 radical (unpaired) electrons. The van der Waals surface area contributed by atoms with E-state index in [9.17, 15) is 22.4 Å². The number of hydrogen-bond donors (Lipinski definition) is 1. The maximum Gasteiger partial charge on any atom is 0.324 e. The first-order valence-electron chi connectivity index (χ1n) is 10.4. The number of ether oxygens (including phenoxy) is 2. The van der Waals surface area contributed by atoms with Crippen LogP contribution in [-0.2, 0) is 24.3 Å². The fourth-order valence-corrected chi connectivity index (χ4v) is 4.29. The lowest BCUT2D eigenvalue weighted by molar-refractivity contribution is -0.150. The lowest BCUT2D eigenvalue weighted by Gasteiger charge is -2.24. The molecule has 2 aromatic rings. The number of rotatable bonds is 11. The molecular formula is C23H26FN3O6S. The summed E-state index contributed by atoms with van der Waals surface area (Å²) < 4.78 is 52.0. The molecule has 34 heavy (non-hydrogen) atoms. The minimum atomic E-state index is -4.08. The molecule has 2 rings (SSSR count). The molecule has 1 amide bonds. The summed E-state index contributed by atoms with van der Waals surface area (Å²) in [6, 6.07) is 11.7. The summed E-state index contributed by atoms with van der Waals surface area (Å²) in [4.78, 5) is 26.3. The Labute approximate surface area is 198 Å². The molecule has 0 aliphatic carbocycles. The van der Waals surface area contributed by atoms with Crippen LogP contribution in [0.1, 0.15) is 20.3 Å². The highest BCUT2D eigenvalue weighted by molar-refractivity contribution is 7.89. The average molecular weight is 492 g/mol. The number of methoxy groups -OCH3 is 1. The summed E-state index contributed by atoms with van der Waals surface area (Å²) in [6.45, 7) is 2.36. The van der Waals surface area contributed by atoms with Gasteiger partial charge in [0.1, 0.15) is 17.6 Å². The molecule has 2 aromatic carbocycles. The van der Waals surface area contributed by atoms with Crippen LogP contribution in [0.25, 0.3) is 0 Å². The minimum absolute atomic E-state index is 0.0561. The topological polar surface area (TPSA) is 126 Å². The number of nitrogens with zero attached hydrogens (tertiary/aromatic N) is 2. The highest BCUT2D eigenvalue weighted by Crippen LogP contribution is 2.20. The zero-order valence-corrected chi connectivity index (χ0v) is 19.8. The number of nitrogens with one attached hydrogen (secondary N) is 1. The monoisotopic (exact) mass is 491 g/mol. The van der Waals surface area contributed by atoms with Crippen molar-refractivity contribution in [2.45, 2.75) is 31.2 Å². The van der Waals surface area contributed by atoms with E-state index in [0.29, 0.717) is 5.75 Å². The second-order valence-corrected chi connectivity index (χ2v) is 9.25. The van der Waals surface area contributed by atoms with E-state index < -0.39 is 46.3 Å². The predicted molar refractivity (Wildman–Crippen MR) is 122 cm³/mol. The molecule has 0 heterocycles. The standard InChI is InChI=1S/C23H26FN3O6S/c1-16(2)22(26-34(30,31)18-11-9-17(32-3)10-12-18)23(29)33-15-21(28)27(14-6-13-25)20-8-5-4-7-19(20)24/h4-5,7-12,16,22,26H,6,14-15H2,1-3H3. The Morgan fingerprint density at radius 3 is 2.35 bits per heavy atom. The highest BCUT2D eigenvalue weighted by atomic mass is 32.2. The maximum absolute atomic E-state index is 14.2. The van der Waals surface area contributed by atoms with Gasteiger partial charge in [0.25, 0.3) is 5.91 Å². The van der Waals surface area contributed by atoms with Gasteiger partial charge in [-0.15, -0.1) is 0 Å². The molecule has 182 valence electrons. The molecule has 0 aromatic heterocycles. The largest absolute Gasteiger partial charge is 0.497 e. The normalized spacial score (nSPS) is 12.0. The number of hydrogen-bond acceptors (Lipinski definition) is 7. The summed E-state index contributed by atoms with van der Waals surface area (Å²) >= 11 is 0. The van der Waals surface area contributed by atoms with Gasteiger partial charge in [-0.05, 0) is 42.3 Å². The van der Waals surface area contributed by atoms with Gasteiger partial charge in [0.2, 0.25) is 10.0 Å². The van der Waals surface area contributed by atoms with Crippen LogP contribution in [0.5, 0.6) is 5.75 Å². The highest BCUT2D eigenvalue weighted by Gasteiger charge is 2.31. The van der Waals surface area contributed by atoms with Crippen molar-refractivity contribution in [3.05, 3.63) is 54.3 Å². The number of nitriles is 1. The Kier molecular flexibility index (Phi) is 9.53. The van der Waals surface area contributed by atoms with Crippen molar-refractivity contribution in [1.82, 2.24) is 4.72 Å². The van der Waals surface area contributed by atoms with Crippen molar-refractivity contribution in [2.75, 3.05) is 25.2 Å². The molecule has 1 atom stereocenters. The Morgan fingerprint density at radius 2 is 1.79 bits per heavy atom. The van der Waals surface area contributed by atoms with Crippen molar-refractivity contribution in [3.8, 4) is 11.8 Å². The third-order valence-corrected chi connectivity index (χ3v) is 6.26. The van der Waals surface area contributed by atoms with E-state index in [0.717, 1.165) is 11.0 Å². The zero-order valence-electron chi connectivity index (χ0n) is 19.0. The molecule has 0 saturated heterocycles. The number of amides is 1. The van der Waals surface area contributed by atoms with Crippen LogP contribution in [-0.4, -0.2) is 46.6 Å². The summed E-state index contributed by atoms with van der Waals surface area (Å²) in [7, 11) is -2.63. The van der Waals surface area contributed by atoms with Crippen LogP contribution < -0.4 is 14.4 Å². The first-order chi connectivity index (χ1) is 16.1. The van der Waals surface area contributed by atoms with Crippen LogP contribution in [0, 0.1) is 23.1 Å². The average Bonchev–Trinajstić information content (AvgIpc) is 2.82. The quantitative estimate of drug-likeness (QED) is 0.479. The van der Waals surface area contributed by atoms with Gasteiger partial charge in [0.15, 0.2) is 6.61 Å². The van der Waals surface area contributed by atoms with Crippen molar-refractivity contribution in [1.29, 1.82) is 5.26 Å². The molecule has 0 spiro atoms. The van der Waals surface area contributed by atoms with Crippen LogP contribution in [0.2, 0.25) is 0 Å². The molecule has 9 nitrogen and oxygen atoms in total. The van der Waals surface area contributed by atoms with E-state index in [1.807, 2.05) is 6.07 Å². The van der Waals surface area contributed by atoms with Gasteiger partial charge in [-0.3, -0.25) is 9.59 Å². The SMILES string of the molecule is COc1ccc(S(=O)(=O)NC(C(=O)OCC(=O)N(CCC#N)c2ccccc2F)C(C)C)cc1. The van der Waals surface area contributed by atoms with E-state index in [-0.39, 0.29) is 23.5 Å². The van der Waals surface area contributed by atoms with Gasteiger partial charge in [0.05, 0.1) is 30.2 Å².